The zero-order valence-electron chi connectivity index (χ0n) is 12.6. The minimum absolute atomic E-state index is 0.0183. The third-order valence-electron chi connectivity index (χ3n) is 4.26. The number of benzene rings is 2. The van der Waals surface area contributed by atoms with Gasteiger partial charge in [0.2, 0.25) is 0 Å². The number of anilines is 1. The van der Waals surface area contributed by atoms with E-state index < -0.39 is 0 Å². The second kappa shape index (κ2) is 5.70. The Balaban J connectivity index is 2.07. The van der Waals surface area contributed by atoms with E-state index in [0.717, 1.165) is 29.1 Å². The maximum atomic E-state index is 6.40. The van der Waals surface area contributed by atoms with Gasteiger partial charge in [0, 0.05) is 35.9 Å². The Labute approximate surface area is 131 Å². The summed E-state index contributed by atoms with van der Waals surface area (Å²) in [5.41, 5.74) is 12.1. The Bertz CT molecular complexity index is 664. The zero-order chi connectivity index (χ0) is 15.0. The summed E-state index contributed by atoms with van der Waals surface area (Å²) in [6.45, 7) is 3.13. The maximum Gasteiger partial charge on any atom is 0.0484 e. The molecule has 1 unspecified atom stereocenters. The van der Waals surface area contributed by atoms with Crippen LogP contribution in [0.3, 0.4) is 0 Å². The molecule has 3 rings (SSSR count). The molecule has 2 aromatic rings. The van der Waals surface area contributed by atoms with Crippen LogP contribution in [0.25, 0.3) is 11.1 Å². The van der Waals surface area contributed by atoms with Gasteiger partial charge in [0.15, 0.2) is 0 Å². The number of hydrogen-bond donors (Lipinski definition) is 1. The molecular weight excluding hydrogens is 280 g/mol. The van der Waals surface area contributed by atoms with Crippen LogP contribution in [-0.4, -0.2) is 13.6 Å². The fourth-order valence-corrected chi connectivity index (χ4v) is 3.23. The summed E-state index contributed by atoms with van der Waals surface area (Å²) in [4.78, 5) is 2.32. The maximum absolute atomic E-state index is 6.40. The molecule has 0 saturated carbocycles. The Kier molecular flexibility index (Phi) is 3.92. The Hall–Kier alpha value is -1.51. The third-order valence-corrected chi connectivity index (χ3v) is 4.59. The molecule has 1 aliphatic heterocycles. The van der Waals surface area contributed by atoms with Crippen LogP contribution < -0.4 is 10.6 Å². The Morgan fingerprint density at radius 1 is 1.19 bits per heavy atom. The molecule has 1 atom stereocenters. The smallest absolute Gasteiger partial charge is 0.0484 e. The fourth-order valence-electron chi connectivity index (χ4n) is 3.00. The van der Waals surface area contributed by atoms with Crippen molar-refractivity contribution in [1.29, 1.82) is 0 Å². The number of aryl methyl sites for hydroxylation is 1. The molecule has 0 radical (unpaired) electrons. The largest absolute Gasteiger partial charge is 0.374 e. The van der Waals surface area contributed by atoms with Crippen molar-refractivity contribution in [2.24, 2.45) is 5.73 Å². The van der Waals surface area contributed by atoms with E-state index in [1.54, 1.807) is 0 Å². The van der Waals surface area contributed by atoms with Gasteiger partial charge < -0.3 is 10.6 Å². The number of halogens is 1. The normalized spacial score (nSPS) is 15.7. The lowest BCUT2D eigenvalue weighted by Crippen LogP contribution is -2.24. The summed E-state index contributed by atoms with van der Waals surface area (Å²) in [6.07, 6.45) is 2.35. The lowest BCUT2D eigenvalue weighted by Gasteiger charge is -2.28. The van der Waals surface area contributed by atoms with E-state index in [0.29, 0.717) is 0 Å². The number of hydrogen-bond acceptors (Lipinski definition) is 2. The highest BCUT2D eigenvalue weighted by Gasteiger charge is 2.15. The lowest BCUT2D eigenvalue weighted by atomic mass is 9.95. The minimum Gasteiger partial charge on any atom is -0.374 e. The molecular formula is C18H21ClN2. The van der Waals surface area contributed by atoms with E-state index in [2.05, 4.69) is 36.2 Å². The molecule has 3 heteroatoms. The first kappa shape index (κ1) is 14.4. The molecule has 110 valence electrons. The molecule has 0 saturated heterocycles. The van der Waals surface area contributed by atoms with Crippen molar-refractivity contribution < 1.29 is 0 Å². The van der Waals surface area contributed by atoms with Gasteiger partial charge in [-0.25, -0.2) is 0 Å². The minimum atomic E-state index is 0.0183. The molecule has 2 aromatic carbocycles. The monoisotopic (exact) mass is 300 g/mol. The number of fused-ring (bicyclic) bond motifs is 1. The van der Waals surface area contributed by atoms with Crippen LogP contribution in [0.2, 0.25) is 5.02 Å². The van der Waals surface area contributed by atoms with Crippen molar-refractivity contribution in [2.75, 3.05) is 18.5 Å². The van der Waals surface area contributed by atoms with Crippen LogP contribution in [0, 0.1) is 0 Å². The van der Waals surface area contributed by atoms with Gasteiger partial charge in [-0.2, -0.15) is 0 Å². The van der Waals surface area contributed by atoms with E-state index in [9.17, 15) is 0 Å². The molecule has 2 N–H and O–H groups in total. The van der Waals surface area contributed by atoms with Crippen molar-refractivity contribution in [3.05, 3.63) is 52.5 Å². The first-order chi connectivity index (χ1) is 10.1. The first-order valence-corrected chi connectivity index (χ1v) is 7.83. The summed E-state index contributed by atoms with van der Waals surface area (Å²) in [5, 5.41) is 0.781. The van der Waals surface area contributed by atoms with Gasteiger partial charge in [-0.15, -0.1) is 0 Å². The van der Waals surface area contributed by atoms with Gasteiger partial charge in [-0.05, 0) is 60.7 Å². The first-order valence-electron chi connectivity index (χ1n) is 7.46. The van der Waals surface area contributed by atoms with E-state index in [-0.39, 0.29) is 6.04 Å². The second-order valence-corrected chi connectivity index (χ2v) is 6.30. The average Bonchev–Trinajstić information content (AvgIpc) is 2.47. The van der Waals surface area contributed by atoms with Crippen molar-refractivity contribution >= 4 is 17.3 Å². The van der Waals surface area contributed by atoms with Crippen LogP contribution in [-0.2, 0) is 6.42 Å². The highest BCUT2D eigenvalue weighted by atomic mass is 35.5. The second-order valence-electron chi connectivity index (χ2n) is 5.90. The van der Waals surface area contributed by atoms with Crippen LogP contribution in [0.15, 0.2) is 36.4 Å². The number of rotatable bonds is 2. The highest BCUT2D eigenvalue weighted by molar-refractivity contribution is 6.33. The Morgan fingerprint density at radius 3 is 2.76 bits per heavy atom. The van der Waals surface area contributed by atoms with Gasteiger partial charge in [0.05, 0.1) is 0 Å². The van der Waals surface area contributed by atoms with E-state index in [4.69, 9.17) is 17.3 Å². The predicted octanol–water partition coefficient (Wildman–Crippen LogP) is 4.41. The van der Waals surface area contributed by atoms with Gasteiger partial charge in [0.25, 0.3) is 0 Å². The van der Waals surface area contributed by atoms with Crippen molar-refractivity contribution in [3.63, 3.8) is 0 Å². The van der Waals surface area contributed by atoms with Gasteiger partial charge in [-0.3, -0.25) is 0 Å². The average molecular weight is 301 g/mol. The quantitative estimate of drug-likeness (QED) is 0.890. The molecule has 1 aliphatic rings. The van der Waals surface area contributed by atoms with Crippen LogP contribution in [0.5, 0.6) is 0 Å². The van der Waals surface area contributed by atoms with Crippen LogP contribution in [0.4, 0.5) is 5.69 Å². The number of nitrogens with zero attached hydrogens (tertiary/aromatic N) is 1. The number of nitrogens with two attached hydrogens (primary N) is 1. The summed E-state index contributed by atoms with van der Waals surface area (Å²) < 4.78 is 0. The van der Waals surface area contributed by atoms with Crippen molar-refractivity contribution in [1.82, 2.24) is 0 Å². The molecule has 0 fully saturated rings. The van der Waals surface area contributed by atoms with E-state index >= 15 is 0 Å². The summed E-state index contributed by atoms with van der Waals surface area (Å²) in [6, 6.07) is 12.7. The molecule has 0 spiro atoms. The van der Waals surface area contributed by atoms with Crippen molar-refractivity contribution in [2.45, 2.75) is 25.8 Å². The van der Waals surface area contributed by atoms with E-state index in [1.165, 1.54) is 23.2 Å². The topological polar surface area (TPSA) is 29.3 Å². The fraction of sp³-hybridized carbons (Fsp3) is 0.333. The van der Waals surface area contributed by atoms with Crippen LogP contribution >= 0.6 is 11.6 Å². The molecule has 21 heavy (non-hydrogen) atoms. The molecule has 2 nitrogen and oxygen atoms in total. The molecule has 0 bridgehead atoms. The third kappa shape index (κ3) is 2.78. The Morgan fingerprint density at radius 2 is 2.00 bits per heavy atom. The van der Waals surface area contributed by atoms with Crippen LogP contribution in [0.1, 0.15) is 30.5 Å². The molecule has 0 aromatic heterocycles. The highest BCUT2D eigenvalue weighted by Crippen LogP contribution is 2.35. The van der Waals surface area contributed by atoms with E-state index in [1.807, 2.05) is 19.1 Å². The zero-order valence-corrected chi connectivity index (χ0v) is 13.3. The molecule has 0 aliphatic carbocycles. The summed E-state index contributed by atoms with van der Waals surface area (Å²) in [5.74, 6) is 0. The lowest BCUT2D eigenvalue weighted by molar-refractivity contribution is 0.745. The van der Waals surface area contributed by atoms with Gasteiger partial charge in [-0.1, -0.05) is 23.7 Å². The SMILES string of the molecule is CC(N)c1ccc(Cl)c(-c2ccc3c(c2)CCCN3C)c1. The summed E-state index contributed by atoms with van der Waals surface area (Å²) >= 11 is 6.40. The standard InChI is InChI=1S/C18H21ClN2/c1-12(20)13-5-7-17(19)16(11-13)14-6-8-18-15(10-14)4-3-9-21(18)2/h5-8,10-12H,3-4,9,20H2,1-2H3. The summed E-state index contributed by atoms with van der Waals surface area (Å²) in [7, 11) is 2.15. The predicted molar refractivity (Wildman–Crippen MR) is 91.1 cm³/mol. The van der Waals surface area contributed by atoms with Crippen molar-refractivity contribution in [3.8, 4) is 11.1 Å². The van der Waals surface area contributed by atoms with Gasteiger partial charge >= 0.3 is 0 Å². The molecule has 1 heterocycles. The molecule has 0 amide bonds. The van der Waals surface area contributed by atoms with Gasteiger partial charge in [0.1, 0.15) is 0 Å².